The number of hydrogen-bond donors (Lipinski definition) is 2. The van der Waals surface area contributed by atoms with Gasteiger partial charge in [0.05, 0.1) is 19.8 Å². The van der Waals surface area contributed by atoms with E-state index in [1.807, 2.05) is 30.3 Å². The third kappa shape index (κ3) is 7.92. The second-order valence-corrected chi connectivity index (χ2v) is 14.1. The quantitative estimate of drug-likeness (QED) is 0.476. The predicted molar refractivity (Wildman–Crippen MR) is 129 cm³/mol. The first-order valence-electron chi connectivity index (χ1n) is 10.9. The van der Waals surface area contributed by atoms with E-state index in [0.717, 1.165) is 11.3 Å². The number of pyridine rings is 1. The van der Waals surface area contributed by atoms with Gasteiger partial charge in [-0.3, -0.25) is 5.32 Å². The number of anilines is 1. The van der Waals surface area contributed by atoms with Crippen LogP contribution in [0, 0.1) is 0 Å². The topological polar surface area (TPSA) is 89.9 Å². The zero-order valence-corrected chi connectivity index (χ0v) is 21.0. The van der Waals surface area contributed by atoms with E-state index in [2.05, 4.69) is 44.2 Å². The number of methoxy groups -OCH3 is 1. The molecule has 32 heavy (non-hydrogen) atoms. The lowest BCUT2D eigenvalue weighted by Crippen LogP contribution is -2.42. The molecule has 1 aromatic heterocycles. The average Bonchev–Trinajstić information content (AvgIpc) is 2.75. The molecule has 176 valence electrons. The minimum absolute atomic E-state index is 0.104. The summed E-state index contributed by atoms with van der Waals surface area (Å²) in [4.78, 5) is 16.6. The fourth-order valence-electron chi connectivity index (χ4n) is 2.66. The lowest BCUT2D eigenvalue weighted by Gasteiger charge is -2.36. The van der Waals surface area contributed by atoms with Crippen molar-refractivity contribution in [2.75, 3.05) is 19.0 Å². The molecule has 8 heteroatoms. The van der Waals surface area contributed by atoms with Crippen molar-refractivity contribution in [1.29, 1.82) is 0 Å². The summed E-state index contributed by atoms with van der Waals surface area (Å²) in [7, 11) is -0.396. The normalized spacial score (nSPS) is 12.8. The summed E-state index contributed by atoms with van der Waals surface area (Å²) in [5.41, 5.74) is 2.09. The van der Waals surface area contributed by atoms with E-state index in [4.69, 9.17) is 13.9 Å². The number of ether oxygens (including phenoxy) is 2. The summed E-state index contributed by atoms with van der Waals surface area (Å²) in [5.74, 6) is 0.297. The molecule has 0 aliphatic rings. The first kappa shape index (κ1) is 25.8. The maximum absolute atomic E-state index is 12.1. The molecule has 0 spiro atoms. The van der Waals surface area contributed by atoms with Gasteiger partial charge in [0.15, 0.2) is 8.32 Å². The lowest BCUT2D eigenvalue weighted by molar-refractivity contribution is 0.0929. The minimum atomic E-state index is -1.89. The van der Waals surface area contributed by atoms with Crippen LogP contribution in [0.15, 0.2) is 42.5 Å². The zero-order valence-electron chi connectivity index (χ0n) is 20.0. The largest absolute Gasteiger partial charge is 0.480 e. The molecular weight excluding hydrogens is 424 g/mol. The van der Waals surface area contributed by atoms with Gasteiger partial charge in [-0.1, -0.05) is 51.1 Å². The number of carbonyl (C=O) groups is 1. The van der Waals surface area contributed by atoms with E-state index in [1.165, 1.54) is 7.11 Å². The van der Waals surface area contributed by atoms with Crippen LogP contribution >= 0.6 is 0 Å². The van der Waals surface area contributed by atoms with Gasteiger partial charge in [-0.2, -0.15) is 0 Å². The van der Waals surface area contributed by atoms with E-state index in [9.17, 15) is 9.90 Å². The highest BCUT2D eigenvalue weighted by Crippen LogP contribution is 2.36. The van der Waals surface area contributed by atoms with Crippen LogP contribution in [0.25, 0.3) is 0 Å². The molecule has 0 aliphatic carbocycles. The number of aliphatic hydroxyl groups excluding tert-OH is 1. The van der Waals surface area contributed by atoms with Crippen molar-refractivity contribution in [3.8, 4) is 5.88 Å². The third-order valence-corrected chi connectivity index (χ3v) is 10.2. The number of aryl methyl sites for hydroxylation is 1. The van der Waals surface area contributed by atoms with E-state index >= 15 is 0 Å². The number of nitrogens with zero attached hydrogens (tertiary/aromatic N) is 1. The van der Waals surface area contributed by atoms with Crippen molar-refractivity contribution in [1.82, 2.24) is 4.98 Å². The maximum Gasteiger partial charge on any atom is 0.412 e. The molecule has 0 saturated carbocycles. The number of nitrogens with one attached hydrogen (secondary N) is 1. The molecule has 0 fully saturated rings. The van der Waals surface area contributed by atoms with Crippen molar-refractivity contribution < 1.29 is 23.8 Å². The van der Waals surface area contributed by atoms with Crippen molar-refractivity contribution >= 4 is 20.1 Å². The number of carbonyl (C=O) groups excluding carboxylic acids is 1. The van der Waals surface area contributed by atoms with Crippen LogP contribution in [0.3, 0.4) is 0 Å². The first-order chi connectivity index (χ1) is 15.0. The third-order valence-electron chi connectivity index (χ3n) is 5.74. The maximum atomic E-state index is 12.1. The fraction of sp³-hybridized carbons (Fsp3) is 0.500. The fourth-order valence-corrected chi connectivity index (χ4v) is 3.70. The van der Waals surface area contributed by atoms with E-state index in [-0.39, 0.29) is 11.6 Å². The molecule has 0 radical (unpaired) electrons. The van der Waals surface area contributed by atoms with E-state index in [1.54, 1.807) is 12.1 Å². The SMILES string of the molecule is COc1nc(CC[C@@H](O)CO[Si](C)(C)C(C)(C)C)ccc1NC(=O)OCc1ccccc1. The summed E-state index contributed by atoms with van der Waals surface area (Å²) < 4.78 is 16.7. The Morgan fingerprint density at radius 3 is 2.47 bits per heavy atom. The molecule has 0 aliphatic heterocycles. The smallest absolute Gasteiger partial charge is 0.412 e. The van der Waals surface area contributed by atoms with Gasteiger partial charge in [-0.05, 0) is 48.7 Å². The number of hydrogen-bond acceptors (Lipinski definition) is 6. The lowest BCUT2D eigenvalue weighted by atomic mass is 10.1. The molecular formula is C24H36N2O5Si. The van der Waals surface area contributed by atoms with Crippen LogP contribution in [0.2, 0.25) is 18.1 Å². The number of amides is 1. The van der Waals surface area contributed by atoms with Crippen LogP contribution in [0.5, 0.6) is 5.88 Å². The van der Waals surface area contributed by atoms with Gasteiger partial charge in [0.2, 0.25) is 5.88 Å². The molecule has 0 saturated heterocycles. The second kappa shape index (κ2) is 11.4. The number of aromatic nitrogens is 1. The Balaban J connectivity index is 1.86. The van der Waals surface area contributed by atoms with Crippen molar-refractivity contribution in [2.24, 2.45) is 0 Å². The number of rotatable bonds is 10. The zero-order chi connectivity index (χ0) is 23.8. The summed E-state index contributed by atoms with van der Waals surface area (Å²) in [5, 5.41) is 13.1. The Kier molecular flexibility index (Phi) is 9.24. The molecule has 0 bridgehead atoms. The highest BCUT2D eigenvalue weighted by atomic mass is 28.4. The predicted octanol–water partition coefficient (Wildman–Crippen LogP) is 5.15. The highest BCUT2D eigenvalue weighted by molar-refractivity contribution is 6.74. The van der Waals surface area contributed by atoms with Crippen molar-refractivity contribution in [3.63, 3.8) is 0 Å². The standard InChI is InChI=1S/C24H36N2O5Si/c1-24(2,3)32(5,6)31-17-20(27)14-12-19-13-15-21(22(25-19)29-4)26-23(28)30-16-18-10-8-7-9-11-18/h7-11,13,15,20,27H,12,14,16-17H2,1-6H3,(H,26,28)/t20-/m1/s1. The van der Waals surface area contributed by atoms with Gasteiger partial charge >= 0.3 is 6.09 Å². The molecule has 1 amide bonds. The Bertz CT molecular complexity index is 868. The first-order valence-corrected chi connectivity index (χ1v) is 13.8. The Hall–Kier alpha value is -2.42. The van der Waals surface area contributed by atoms with Crippen LogP contribution in [-0.2, 0) is 22.2 Å². The molecule has 2 rings (SSSR count). The molecule has 2 aromatic rings. The Labute approximate surface area is 192 Å². The molecule has 0 unspecified atom stereocenters. The highest BCUT2D eigenvalue weighted by Gasteiger charge is 2.37. The van der Waals surface area contributed by atoms with Crippen molar-refractivity contribution in [3.05, 3.63) is 53.7 Å². The van der Waals surface area contributed by atoms with Gasteiger partial charge in [0, 0.05) is 5.69 Å². The molecule has 1 heterocycles. The van der Waals surface area contributed by atoms with Crippen LogP contribution < -0.4 is 10.1 Å². The Morgan fingerprint density at radius 2 is 1.84 bits per heavy atom. The molecule has 1 aromatic carbocycles. The van der Waals surface area contributed by atoms with Crippen LogP contribution in [0.4, 0.5) is 10.5 Å². The molecule has 7 nitrogen and oxygen atoms in total. The molecule has 1 atom stereocenters. The van der Waals surface area contributed by atoms with E-state index in [0.29, 0.717) is 31.0 Å². The summed E-state index contributed by atoms with van der Waals surface area (Å²) in [6.07, 6.45) is -0.0593. The summed E-state index contributed by atoms with van der Waals surface area (Å²) in [6.45, 7) is 11.4. The van der Waals surface area contributed by atoms with Crippen LogP contribution in [-0.4, -0.2) is 44.3 Å². The van der Waals surface area contributed by atoms with Gasteiger partial charge in [-0.15, -0.1) is 0 Å². The Morgan fingerprint density at radius 1 is 1.16 bits per heavy atom. The van der Waals surface area contributed by atoms with Gasteiger partial charge in [-0.25, -0.2) is 9.78 Å². The van der Waals surface area contributed by atoms with E-state index < -0.39 is 20.5 Å². The van der Waals surface area contributed by atoms with Crippen LogP contribution in [0.1, 0.15) is 38.4 Å². The number of aliphatic hydroxyl groups is 1. The van der Waals surface area contributed by atoms with Crippen molar-refractivity contribution in [2.45, 2.75) is 64.5 Å². The van der Waals surface area contributed by atoms with Gasteiger partial charge in [0.25, 0.3) is 0 Å². The number of benzene rings is 1. The summed E-state index contributed by atoms with van der Waals surface area (Å²) in [6, 6.07) is 13.0. The molecule has 2 N–H and O–H groups in total. The average molecular weight is 461 g/mol. The van der Waals surface area contributed by atoms with Gasteiger partial charge < -0.3 is 19.0 Å². The monoisotopic (exact) mass is 460 g/mol. The summed E-state index contributed by atoms with van der Waals surface area (Å²) >= 11 is 0. The minimum Gasteiger partial charge on any atom is -0.480 e. The second-order valence-electron chi connectivity index (χ2n) is 9.31. The van der Waals surface area contributed by atoms with Gasteiger partial charge in [0.1, 0.15) is 12.3 Å².